The molecule has 6 nitrogen and oxygen atoms in total. The first-order valence-electron chi connectivity index (χ1n) is 6.07. The van der Waals surface area contributed by atoms with Crippen LogP contribution in [0.4, 0.5) is 5.69 Å². The van der Waals surface area contributed by atoms with Crippen LogP contribution in [0.3, 0.4) is 0 Å². The molecule has 4 N–H and O–H groups in total. The second-order valence-corrected chi connectivity index (χ2v) is 5.66. The minimum Gasteiger partial charge on any atom is -0.385 e. The number of benzene rings is 1. The fourth-order valence-corrected chi connectivity index (χ4v) is 1.95. The van der Waals surface area contributed by atoms with Crippen LogP contribution < -0.4 is 15.8 Å². The molecule has 0 fully saturated rings. The number of hydrogen-bond donors (Lipinski definition) is 3. The van der Waals surface area contributed by atoms with E-state index in [1.54, 1.807) is 12.1 Å². The Hall–Kier alpha value is -1.60. The van der Waals surface area contributed by atoms with Crippen molar-refractivity contribution >= 4 is 21.6 Å². The maximum absolute atomic E-state index is 11.3. The van der Waals surface area contributed by atoms with Gasteiger partial charge in [0.05, 0.1) is 4.90 Å². The third-order valence-electron chi connectivity index (χ3n) is 2.44. The van der Waals surface area contributed by atoms with Crippen molar-refractivity contribution in [3.8, 4) is 0 Å². The molecule has 1 rings (SSSR count). The second kappa shape index (κ2) is 7.10. The predicted octanol–water partition coefficient (Wildman–Crippen LogP) is 0.662. The number of carbonyl (C=O) groups excluding carboxylic acids is 1. The van der Waals surface area contributed by atoms with Crippen LogP contribution in [0.5, 0.6) is 0 Å². The molecule has 0 aliphatic heterocycles. The van der Waals surface area contributed by atoms with E-state index < -0.39 is 10.0 Å². The fraction of sp³-hybridized carbons (Fsp3) is 0.417. The lowest BCUT2D eigenvalue weighted by molar-refractivity contribution is -0.120. The highest BCUT2D eigenvalue weighted by Crippen LogP contribution is 2.12. The first-order valence-corrected chi connectivity index (χ1v) is 7.61. The van der Waals surface area contributed by atoms with Gasteiger partial charge in [-0.15, -0.1) is 0 Å². The van der Waals surface area contributed by atoms with Crippen molar-refractivity contribution in [3.63, 3.8) is 0 Å². The zero-order chi connectivity index (χ0) is 14.3. The zero-order valence-electron chi connectivity index (χ0n) is 10.8. The lowest BCUT2D eigenvalue weighted by atomic mass is 10.3. The van der Waals surface area contributed by atoms with Crippen LogP contribution in [0.2, 0.25) is 0 Å². The van der Waals surface area contributed by atoms with Crippen molar-refractivity contribution in [1.82, 2.24) is 5.32 Å². The van der Waals surface area contributed by atoms with Crippen LogP contribution in [0.15, 0.2) is 29.2 Å². The Bertz CT molecular complexity index is 512. The zero-order valence-corrected chi connectivity index (χ0v) is 11.7. The van der Waals surface area contributed by atoms with Gasteiger partial charge in [0.2, 0.25) is 15.9 Å². The number of carbonyl (C=O) groups is 1. The lowest BCUT2D eigenvalue weighted by Gasteiger charge is -2.07. The molecule has 0 unspecified atom stereocenters. The van der Waals surface area contributed by atoms with Crippen molar-refractivity contribution in [1.29, 1.82) is 0 Å². The number of nitrogens with two attached hydrogens (primary N) is 1. The number of primary sulfonamides is 1. The van der Waals surface area contributed by atoms with Gasteiger partial charge in [0.1, 0.15) is 0 Å². The van der Waals surface area contributed by atoms with Crippen LogP contribution in [-0.4, -0.2) is 27.4 Å². The average Bonchev–Trinajstić information content (AvgIpc) is 2.36. The summed E-state index contributed by atoms with van der Waals surface area (Å²) in [4.78, 5) is 11.4. The van der Waals surface area contributed by atoms with E-state index in [-0.39, 0.29) is 10.8 Å². The molecule has 0 heterocycles. The van der Waals surface area contributed by atoms with Crippen LogP contribution in [0.1, 0.15) is 19.8 Å². The van der Waals surface area contributed by atoms with Crippen molar-refractivity contribution in [2.24, 2.45) is 5.14 Å². The second-order valence-electron chi connectivity index (χ2n) is 4.10. The Morgan fingerprint density at radius 3 is 2.37 bits per heavy atom. The van der Waals surface area contributed by atoms with E-state index in [1.807, 2.05) is 6.92 Å². The van der Waals surface area contributed by atoms with E-state index in [2.05, 4.69) is 10.6 Å². The highest BCUT2D eigenvalue weighted by atomic mass is 32.2. The first kappa shape index (κ1) is 15.5. The molecule has 0 saturated carbocycles. The minimum absolute atomic E-state index is 0.00416. The average molecular weight is 285 g/mol. The van der Waals surface area contributed by atoms with Gasteiger partial charge in [0.15, 0.2) is 0 Å². The van der Waals surface area contributed by atoms with Crippen LogP contribution >= 0.6 is 0 Å². The topological polar surface area (TPSA) is 101 Å². The van der Waals surface area contributed by atoms with E-state index in [0.29, 0.717) is 19.5 Å². The molecule has 0 bridgehead atoms. The molecule has 1 aromatic carbocycles. The summed E-state index contributed by atoms with van der Waals surface area (Å²) in [5.74, 6) is -0.00416. The molecule has 0 atom stereocenters. The number of hydrogen-bond acceptors (Lipinski definition) is 4. The van der Waals surface area contributed by atoms with Gasteiger partial charge in [0.25, 0.3) is 0 Å². The smallest absolute Gasteiger partial charge is 0.238 e. The molecule has 19 heavy (non-hydrogen) atoms. The van der Waals surface area contributed by atoms with Crippen LogP contribution in [0.25, 0.3) is 0 Å². The molecule has 106 valence electrons. The maximum Gasteiger partial charge on any atom is 0.238 e. The third kappa shape index (κ3) is 5.71. The minimum atomic E-state index is -3.66. The van der Waals surface area contributed by atoms with Crippen molar-refractivity contribution in [2.75, 3.05) is 18.4 Å². The van der Waals surface area contributed by atoms with Crippen molar-refractivity contribution in [2.45, 2.75) is 24.7 Å². The molecule has 0 aliphatic carbocycles. The van der Waals surface area contributed by atoms with Crippen molar-refractivity contribution < 1.29 is 13.2 Å². The quantitative estimate of drug-likeness (QED) is 0.685. The fourth-order valence-electron chi connectivity index (χ4n) is 1.44. The predicted molar refractivity (Wildman–Crippen MR) is 74.2 cm³/mol. The Kier molecular flexibility index (Phi) is 5.78. The van der Waals surface area contributed by atoms with E-state index in [9.17, 15) is 13.2 Å². The largest absolute Gasteiger partial charge is 0.385 e. The van der Waals surface area contributed by atoms with Crippen LogP contribution in [0, 0.1) is 0 Å². The molecular weight excluding hydrogens is 266 g/mol. The Labute approximate surface area is 113 Å². The molecule has 0 saturated heterocycles. The van der Waals surface area contributed by atoms with Gasteiger partial charge in [-0.2, -0.15) is 0 Å². The number of sulfonamides is 1. The van der Waals surface area contributed by atoms with Gasteiger partial charge in [-0.25, -0.2) is 13.6 Å². The number of amides is 1. The molecule has 0 radical (unpaired) electrons. The van der Waals surface area contributed by atoms with Crippen molar-refractivity contribution in [3.05, 3.63) is 24.3 Å². The summed E-state index contributed by atoms with van der Waals surface area (Å²) in [5, 5.41) is 10.8. The molecule has 0 aliphatic rings. The van der Waals surface area contributed by atoms with Crippen LogP contribution in [-0.2, 0) is 14.8 Å². The maximum atomic E-state index is 11.3. The Morgan fingerprint density at radius 2 is 1.84 bits per heavy atom. The number of nitrogens with one attached hydrogen (secondary N) is 2. The molecule has 1 amide bonds. The third-order valence-corrected chi connectivity index (χ3v) is 3.37. The lowest BCUT2D eigenvalue weighted by Crippen LogP contribution is -2.25. The highest BCUT2D eigenvalue weighted by molar-refractivity contribution is 7.89. The summed E-state index contributed by atoms with van der Waals surface area (Å²) in [7, 11) is -3.66. The summed E-state index contributed by atoms with van der Waals surface area (Å²) in [6.07, 6.45) is 1.28. The number of anilines is 1. The van der Waals surface area contributed by atoms with Gasteiger partial charge in [-0.1, -0.05) is 6.92 Å². The van der Waals surface area contributed by atoms with E-state index >= 15 is 0 Å². The molecule has 0 spiro atoms. The summed E-state index contributed by atoms with van der Waals surface area (Å²) in [6.45, 7) is 3.16. The standard InChI is InChI=1S/C12H19N3O3S/c1-2-8-15-12(16)7-9-14-10-3-5-11(6-4-10)19(13,17)18/h3-6,14H,2,7-9H2,1H3,(H,15,16)(H2,13,17,18). The van der Waals surface area contributed by atoms with Gasteiger partial charge < -0.3 is 10.6 Å². The van der Waals surface area contributed by atoms with Gasteiger partial charge in [-0.05, 0) is 30.7 Å². The molecule has 1 aromatic rings. The van der Waals surface area contributed by atoms with Gasteiger partial charge in [-0.3, -0.25) is 4.79 Å². The molecule has 7 heteroatoms. The first-order chi connectivity index (χ1) is 8.93. The van der Waals surface area contributed by atoms with Gasteiger partial charge >= 0.3 is 0 Å². The number of rotatable bonds is 7. The Balaban J connectivity index is 2.40. The Morgan fingerprint density at radius 1 is 1.21 bits per heavy atom. The normalized spacial score (nSPS) is 11.1. The highest BCUT2D eigenvalue weighted by Gasteiger charge is 2.06. The van der Waals surface area contributed by atoms with Gasteiger partial charge in [0, 0.05) is 25.2 Å². The summed E-state index contributed by atoms with van der Waals surface area (Å²) in [6, 6.07) is 6.08. The van der Waals surface area contributed by atoms with E-state index in [0.717, 1.165) is 12.1 Å². The summed E-state index contributed by atoms with van der Waals surface area (Å²) in [5.41, 5.74) is 0.746. The molecule has 0 aromatic heterocycles. The summed E-state index contributed by atoms with van der Waals surface area (Å²) >= 11 is 0. The summed E-state index contributed by atoms with van der Waals surface area (Å²) < 4.78 is 22.1. The van der Waals surface area contributed by atoms with E-state index in [1.165, 1.54) is 12.1 Å². The van der Waals surface area contributed by atoms with E-state index in [4.69, 9.17) is 5.14 Å². The monoisotopic (exact) mass is 285 g/mol. The molecular formula is C12H19N3O3S. The SMILES string of the molecule is CCCNC(=O)CCNc1ccc(S(N)(=O)=O)cc1.